The molecule has 0 saturated heterocycles. The molecule has 1 amide bonds. The lowest BCUT2D eigenvalue weighted by atomic mass is 9.95. The van der Waals surface area contributed by atoms with Crippen LogP contribution in [0.3, 0.4) is 0 Å². The molecule has 6 atom stereocenters. The maximum absolute atomic E-state index is 12.3. The van der Waals surface area contributed by atoms with Crippen molar-refractivity contribution in [2.24, 2.45) is 23.7 Å². The third-order valence-corrected chi connectivity index (χ3v) is 27.9. The molecule has 27 heteroatoms. The fraction of sp³-hybridized carbons (Fsp3) is 0.447. The van der Waals surface area contributed by atoms with E-state index in [0.29, 0.717) is 72.2 Å². The number of fused-ring (bicyclic) bond motifs is 10. The number of methoxy groups -OCH3 is 1. The molecule has 22 rings (SSSR count). The largest absolute Gasteiger partial charge is 0.385 e. The molecule has 8 aliphatic carbocycles. The first kappa shape index (κ1) is 89.9. The molecule has 27 nitrogen and oxygen atoms in total. The lowest BCUT2D eigenvalue weighted by molar-refractivity contribution is 0.0950. The van der Waals surface area contributed by atoms with Crippen LogP contribution in [0.1, 0.15) is 217 Å². The molecule has 0 spiro atoms. The van der Waals surface area contributed by atoms with E-state index in [1.54, 1.807) is 7.11 Å². The van der Waals surface area contributed by atoms with Crippen LogP contribution < -0.4 is 42.5 Å². The maximum atomic E-state index is 12.3. The molecule has 0 unspecified atom stereocenters. The van der Waals surface area contributed by atoms with E-state index in [0.717, 1.165) is 181 Å². The smallest absolute Gasteiger partial charge is 0.251 e. The van der Waals surface area contributed by atoms with Gasteiger partial charge in [0.25, 0.3) is 5.91 Å². The quantitative estimate of drug-likeness (QED) is 0.0202. The Morgan fingerprint density at radius 1 is 0.415 bits per heavy atom. The number of nitrogens with one attached hydrogen (secondary N) is 8. The van der Waals surface area contributed by atoms with Gasteiger partial charge in [-0.3, -0.25) is 4.79 Å². The van der Waals surface area contributed by atoms with Gasteiger partial charge in [0.1, 0.15) is 0 Å². The number of carbonyl (C=O) groups is 1. The number of rotatable bonds is 29. The lowest BCUT2D eigenvalue weighted by Crippen LogP contribution is -2.32. The average Bonchev–Trinajstić information content (AvgIpc) is 1.61. The van der Waals surface area contributed by atoms with E-state index in [2.05, 4.69) is 230 Å². The highest BCUT2D eigenvalue weighted by Gasteiger charge is 2.43. The average molecular weight is 1750 g/mol. The van der Waals surface area contributed by atoms with Gasteiger partial charge in [-0.15, -0.1) is 0 Å². The summed E-state index contributed by atoms with van der Waals surface area (Å²) in [5.41, 5.74) is 17.9. The van der Waals surface area contributed by atoms with Crippen LogP contribution in [0, 0.1) is 23.7 Å². The maximum Gasteiger partial charge on any atom is 0.251 e. The minimum atomic E-state index is -0.0647. The number of hydrogen-bond donors (Lipinski definition) is 8. The molecule has 8 N–H and O–H groups in total. The number of anilines is 8. The van der Waals surface area contributed by atoms with Crippen LogP contribution in [-0.2, 0) is 50.1 Å². The molecular weight excluding hydrogens is 1620 g/mol. The number of benzene rings is 6. The molecule has 8 heterocycles. The molecule has 8 aromatic heterocycles. The SMILES string of the molecule is C.C.CCN(C)CCNC(=O)c1ccc(Nc2ncc3cnn(C4CCCCC4)c3n2)cc1.COCCCNCc1ccc(Nc2ncc3cnn([C@H]4C[C@@H]5CC[C@H]4C5)c3n2)cc1.c1ccc2c(c1)CC(NCc1ccc(Nc3ncc4cnn(C5CCCCC5)c4n3)cc1)C2.c1ccc2c(c1)CC(NCc1ccc(Nc3ncc4cnn([C@H]5C[C@@H]6CC[C@H]5C6)c4n3)cc1)C2. The number of carbonyl (C=O) groups excluding carboxylic acids is 1. The summed E-state index contributed by atoms with van der Waals surface area (Å²) < 4.78 is 13.6. The molecule has 4 bridgehead atoms. The van der Waals surface area contributed by atoms with Crippen molar-refractivity contribution < 1.29 is 9.53 Å². The predicted octanol–water partition coefficient (Wildman–Crippen LogP) is 19.6. The predicted molar refractivity (Wildman–Crippen MR) is 520 cm³/mol. The van der Waals surface area contributed by atoms with Gasteiger partial charge < -0.3 is 52.2 Å². The van der Waals surface area contributed by atoms with E-state index < -0.39 is 0 Å². The highest BCUT2D eigenvalue weighted by atomic mass is 16.5. The zero-order valence-corrected chi connectivity index (χ0v) is 74.1. The normalized spacial score (nSPS) is 19.2. The van der Waals surface area contributed by atoms with Crippen molar-refractivity contribution in [3.8, 4) is 0 Å². The van der Waals surface area contributed by atoms with Gasteiger partial charge in [-0.1, -0.05) is 158 Å². The summed E-state index contributed by atoms with van der Waals surface area (Å²) in [5.74, 6) is 5.63. The third kappa shape index (κ3) is 21.8. The summed E-state index contributed by atoms with van der Waals surface area (Å²) in [6.07, 6.45) is 43.5. The first-order chi connectivity index (χ1) is 63.0. The van der Waals surface area contributed by atoms with Crippen molar-refractivity contribution >= 4 is 96.6 Å². The number of aromatic nitrogens is 16. The van der Waals surface area contributed by atoms with Crippen LogP contribution in [0.15, 0.2) is 195 Å². The Morgan fingerprint density at radius 2 is 0.777 bits per heavy atom. The second-order valence-corrected chi connectivity index (χ2v) is 36.7. The van der Waals surface area contributed by atoms with Gasteiger partial charge in [-0.25, -0.2) is 38.7 Å². The van der Waals surface area contributed by atoms with Gasteiger partial charge in [0.2, 0.25) is 23.8 Å². The lowest BCUT2D eigenvalue weighted by Gasteiger charge is -2.22. The minimum absolute atomic E-state index is 0. The first-order valence-corrected chi connectivity index (χ1v) is 47.1. The number of hydrogen-bond acceptors (Lipinski definition) is 22. The van der Waals surface area contributed by atoms with Crippen LogP contribution >= 0.6 is 0 Å². The Hall–Kier alpha value is -12.0. The van der Waals surface area contributed by atoms with E-state index in [1.807, 2.05) is 80.9 Å². The summed E-state index contributed by atoms with van der Waals surface area (Å²) in [6.45, 7) is 8.88. The second-order valence-electron chi connectivity index (χ2n) is 36.7. The number of nitrogens with zero attached hydrogens (tertiary/aromatic N) is 17. The molecule has 6 saturated carbocycles. The summed E-state index contributed by atoms with van der Waals surface area (Å²) in [4.78, 5) is 51.6. The molecule has 678 valence electrons. The third-order valence-electron chi connectivity index (χ3n) is 27.9. The van der Waals surface area contributed by atoms with Crippen LogP contribution in [0.2, 0.25) is 0 Å². The Labute approximate surface area is 763 Å². The van der Waals surface area contributed by atoms with Gasteiger partial charge in [-0.2, -0.15) is 40.3 Å². The Morgan fingerprint density at radius 3 is 1.13 bits per heavy atom. The molecular formula is C103H129N25O2. The fourth-order valence-electron chi connectivity index (χ4n) is 20.7. The van der Waals surface area contributed by atoms with Gasteiger partial charge in [-0.05, 0) is 240 Å². The zero-order chi connectivity index (χ0) is 86.5. The number of amides is 1. The van der Waals surface area contributed by atoms with E-state index >= 15 is 0 Å². The van der Waals surface area contributed by atoms with E-state index in [-0.39, 0.29) is 20.8 Å². The van der Waals surface area contributed by atoms with Crippen molar-refractivity contribution in [2.45, 2.75) is 225 Å². The van der Waals surface area contributed by atoms with Crippen molar-refractivity contribution in [3.05, 3.63) is 240 Å². The van der Waals surface area contributed by atoms with Gasteiger partial charge >= 0.3 is 0 Å². The Kier molecular flexibility index (Phi) is 29.5. The van der Waals surface area contributed by atoms with Gasteiger partial charge in [0.15, 0.2) is 22.6 Å². The first-order valence-electron chi connectivity index (χ1n) is 47.1. The van der Waals surface area contributed by atoms with Crippen LogP contribution in [0.25, 0.3) is 44.1 Å². The number of ether oxygens (including phenoxy) is 1. The molecule has 14 aromatic rings. The van der Waals surface area contributed by atoms with E-state index in [1.165, 1.54) is 142 Å². The Balaban J connectivity index is 0.000000121. The molecule has 0 aliphatic heterocycles. The standard InChI is InChI=1S/C28H30N6.C27H30N6.C23H31N7O.C23H30N6O.2CH4/c1-2-4-21-14-25(13-20(21)3-1)29-15-18-6-9-24(10-7-18)32-28-30-16-23-17-31-34(27(23)33-28)26-12-19-5-8-22(26)11-19;1-2-8-25(9-3-1)33-26-22(18-30-33)17-29-27(32-26)31-23-12-10-19(11-13-23)16-28-24-14-20-6-4-5-7-21(20)15-24;1-3-29(2)14-13-24-22(31)17-9-11-19(12-10-17)27-23-25-15-18-16-26-30(21(18)28-23)20-7-5-4-6-8-20;1-30-10-2-9-24-13-16-4-7-20(8-5-16)27-23-25-14-19-15-26-29(22(19)28-23)21-12-17-3-6-18(21)11-17;;/h1-4,6-7,9-10,16-17,19,22,25-26,29H,5,8,11-15H2,(H,30,32,33);4-7,10-13,17-18,24-25,28H,1-3,8-9,14-16H2,(H,29,31,32);9-12,15-16,20H,3-8,13-14H2,1-2H3,(H,24,31)(H,25,27,28);4-5,7-8,14-15,17-18,21,24H,2-3,6,9-13H2,1H3,(H,25,27,28);2*1H4/t19-,22+,26+;;;17-,18+,21+;;/m1..1../s1. The zero-order valence-electron chi connectivity index (χ0n) is 74.1. The Bertz CT molecular complexity index is 5970. The van der Waals surface area contributed by atoms with Crippen LogP contribution in [0.4, 0.5) is 46.5 Å². The highest BCUT2D eigenvalue weighted by Crippen LogP contribution is 2.52. The van der Waals surface area contributed by atoms with Gasteiger partial charge in [0, 0.05) is 112 Å². The molecule has 0 radical (unpaired) electrons. The summed E-state index contributed by atoms with van der Waals surface area (Å²) >= 11 is 0. The van der Waals surface area contributed by atoms with Crippen LogP contribution in [-0.4, -0.2) is 149 Å². The summed E-state index contributed by atoms with van der Waals surface area (Å²) in [6, 6.07) is 53.4. The van der Waals surface area contributed by atoms with Crippen molar-refractivity contribution in [1.29, 1.82) is 0 Å². The van der Waals surface area contributed by atoms with Crippen LogP contribution in [0.5, 0.6) is 0 Å². The molecule has 8 aliphatic rings. The summed E-state index contributed by atoms with van der Waals surface area (Å²) in [5, 5.41) is 49.7. The minimum Gasteiger partial charge on any atom is -0.385 e. The van der Waals surface area contributed by atoms with Gasteiger partial charge in [0.05, 0.1) is 70.5 Å². The molecule has 6 aromatic carbocycles. The molecule has 6 fully saturated rings. The van der Waals surface area contributed by atoms with E-state index in [4.69, 9.17) is 29.8 Å². The summed E-state index contributed by atoms with van der Waals surface area (Å²) in [7, 11) is 3.77. The van der Waals surface area contributed by atoms with Crippen molar-refractivity contribution in [2.75, 3.05) is 68.2 Å². The number of likely N-dealkylation sites (N-methyl/N-ethyl adjacent to an activating group) is 1. The fourth-order valence-corrected chi connectivity index (χ4v) is 20.7. The topological polar surface area (TPSA) is 300 Å². The second kappa shape index (κ2) is 42.7. The monoisotopic (exact) mass is 1750 g/mol. The molecule has 130 heavy (non-hydrogen) atoms. The van der Waals surface area contributed by atoms with E-state index in [9.17, 15) is 4.79 Å². The van der Waals surface area contributed by atoms with Crippen molar-refractivity contribution in [1.82, 2.24) is 105 Å². The highest BCUT2D eigenvalue weighted by molar-refractivity contribution is 5.94. The van der Waals surface area contributed by atoms with Crippen molar-refractivity contribution in [3.63, 3.8) is 0 Å².